The first-order valence-electron chi connectivity index (χ1n) is 11.2. The van der Waals surface area contributed by atoms with Gasteiger partial charge in [0.05, 0.1) is 12.2 Å². The van der Waals surface area contributed by atoms with E-state index in [9.17, 15) is 9.59 Å². The Morgan fingerprint density at radius 3 is 2.28 bits per heavy atom. The summed E-state index contributed by atoms with van der Waals surface area (Å²) >= 11 is 1.59. The standard InChI is InChI=1S/C24H30N4O3S/c29-13-12-28-10-8-27(9-11-28)7-5-25-17-21-22(30)15-20(16-23(21)31)18-1-3-19(4-2-18)24-26-6-14-32-24/h1-4,6,14,17,20,25,29H,5,7-13,15-16H2. The van der Waals surface area contributed by atoms with Crippen LogP contribution in [0.2, 0.25) is 0 Å². The lowest BCUT2D eigenvalue weighted by Crippen LogP contribution is -2.48. The molecule has 2 N–H and O–H groups in total. The third-order valence-corrected chi connectivity index (χ3v) is 7.05. The molecule has 170 valence electrons. The van der Waals surface area contributed by atoms with E-state index >= 15 is 0 Å². The van der Waals surface area contributed by atoms with Gasteiger partial charge in [0.15, 0.2) is 11.6 Å². The van der Waals surface area contributed by atoms with Crippen LogP contribution in [0.5, 0.6) is 0 Å². The highest BCUT2D eigenvalue weighted by Crippen LogP contribution is 2.32. The van der Waals surface area contributed by atoms with E-state index in [2.05, 4.69) is 20.1 Å². The SMILES string of the molecule is O=C1CC(c2ccc(-c3nccs3)cc2)CC(=O)C1=CNCCN1CCN(CCO)CC1. The van der Waals surface area contributed by atoms with Crippen molar-refractivity contribution in [2.75, 3.05) is 52.4 Å². The predicted molar refractivity (Wildman–Crippen MR) is 126 cm³/mol. The van der Waals surface area contributed by atoms with Crippen LogP contribution in [0.3, 0.4) is 0 Å². The van der Waals surface area contributed by atoms with Crippen LogP contribution in [0.25, 0.3) is 10.6 Å². The number of rotatable bonds is 8. The fourth-order valence-corrected chi connectivity index (χ4v) is 4.98. The molecular weight excluding hydrogens is 424 g/mol. The van der Waals surface area contributed by atoms with E-state index < -0.39 is 0 Å². The lowest BCUT2D eigenvalue weighted by Gasteiger charge is -2.34. The third-order valence-electron chi connectivity index (χ3n) is 6.23. The summed E-state index contributed by atoms with van der Waals surface area (Å²) in [6.45, 7) is 6.38. The van der Waals surface area contributed by atoms with Crippen LogP contribution in [0.4, 0.5) is 0 Å². The van der Waals surface area contributed by atoms with Crippen molar-refractivity contribution in [2.45, 2.75) is 18.8 Å². The first kappa shape index (κ1) is 22.8. The van der Waals surface area contributed by atoms with Gasteiger partial charge in [0.2, 0.25) is 0 Å². The summed E-state index contributed by atoms with van der Waals surface area (Å²) in [7, 11) is 0. The molecule has 32 heavy (non-hydrogen) atoms. The van der Waals surface area contributed by atoms with Crippen molar-refractivity contribution in [1.82, 2.24) is 20.1 Å². The number of aliphatic hydroxyl groups is 1. The molecule has 0 unspecified atom stereocenters. The van der Waals surface area contributed by atoms with Crippen molar-refractivity contribution >= 4 is 22.9 Å². The molecule has 0 bridgehead atoms. The first-order chi connectivity index (χ1) is 15.6. The maximum Gasteiger partial charge on any atom is 0.168 e. The molecule has 0 radical (unpaired) electrons. The number of allylic oxidation sites excluding steroid dienone is 1. The van der Waals surface area contributed by atoms with E-state index in [0.717, 1.165) is 55.4 Å². The van der Waals surface area contributed by atoms with E-state index in [-0.39, 0.29) is 24.1 Å². The number of piperazine rings is 1. The predicted octanol–water partition coefficient (Wildman–Crippen LogP) is 1.91. The van der Waals surface area contributed by atoms with Crippen LogP contribution in [0.15, 0.2) is 47.6 Å². The Morgan fingerprint density at radius 2 is 1.69 bits per heavy atom. The topological polar surface area (TPSA) is 85.8 Å². The number of ketones is 2. The number of nitrogens with one attached hydrogen (secondary N) is 1. The lowest BCUT2D eigenvalue weighted by atomic mass is 9.80. The van der Waals surface area contributed by atoms with Gasteiger partial charge in [0, 0.05) is 82.0 Å². The van der Waals surface area contributed by atoms with Gasteiger partial charge in [-0.25, -0.2) is 4.98 Å². The molecule has 1 aromatic heterocycles. The molecule has 2 aliphatic rings. The second kappa shape index (κ2) is 11.0. The van der Waals surface area contributed by atoms with Gasteiger partial charge in [-0.1, -0.05) is 24.3 Å². The first-order valence-corrected chi connectivity index (χ1v) is 12.1. The van der Waals surface area contributed by atoms with Gasteiger partial charge in [-0.2, -0.15) is 0 Å². The molecule has 1 saturated heterocycles. The largest absolute Gasteiger partial charge is 0.395 e. The highest BCUT2D eigenvalue weighted by molar-refractivity contribution is 7.13. The van der Waals surface area contributed by atoms with E-state index in [4.69, 9.17) is 5.11 Å². The number of carbonyl (C=O) groups is 2. The number of aliphatic hydroxyl groups excluding tert-OH is 1. The summed E-state index contributed by atoms with van der Waals surface area (Å²) in [6.07, 6.45) is 4.13. The Balaban J connectivity index is 1.25. The maximum atomic E-state index is 12.7. The Hall–Kier alpha value is -2.39. The summed E-state index contributed by atoms with van der Waals surface area (Å²) < 4.78 is 0. The zero-order chi connectivity index (χ0) is 22.3. The molecule has 4 rings (SSSR count). The average molecular weight is 455 g/mol. The van der Waals surface area contributed by atoms with Gasteiger partial charge >= 0.3 is 0 Å². The molecule has 1 saturated carbocycles. The number of hydrogen-bond acceptors (Lipinski definition) is 8. The molecular formula is C24H30N4O3S. The highest BCUT2D eigenvalue weighted by atomic mass is 32.1. The molecule has 0 amide bonds. The zero-order valence-corrected chi connectivity index (χ0v) is 19.0. The number of nitrogens with zero attached hydrogens (tertiary/aromatic N) is 3. The van der Waals surface area contributed by atoms with Crippen molar-refractivity contribution in [2.24, 2.45) is 0 Å². The van der Waals surface area contributed by atoms with E-state index in [1.54, 1.807) is 23.7 Å². The molecule has 0 atom stereocenters. The van der Waals surface area contributed by atoms with Crippen LogP contribution >= 0.6 is 11.3 Å². The summed E-state index contributed by atoms with van der Waals surface area (Å²) in [5.41, 5.74) is 2.38. The van der Waals surface area contributed by atoms with Gasteiger partial charge in [0.1, 0.15) is 5.01 Å². The number of β-amino-alcohol motifs (C(OH)–C–C–N with tert-alkyl or cyclic N) is 1. The molecule has 1 aliphatic carbocycles. The molecule has 0 spiro atoms. The molecule has 2 fully saturated rings. The highest BCUT2D eigenvalue weighted by Gasteiger charge is 2.31. The van der Waals surface area contributed by atoms with E-state index in [1.165, 1.54) is 0 Å². The Bertz CT molecular complexity index is 915. The Morgan fingerprint density at radius 1 is 1.03 bits per heavy atom. The van der Waals surface area contributed by atoms with Crippen LogP contribution in [0.1, 0.15) is 24.3 Å². The van der Waals surface area contributed by atoms with Crippen LogP contribution in [-0.2, 0) is 9.59 Å². The second-order valence-corrected chi connectivity index (χ2v) is 9.22. The minimum absolute atomic E-state index is 0.0623. The van der Waals surface area contributed by atoms with E-state index in [0.29, 0.717) is 25.0 Å². The number of hydrogen-bond donors (Lipinski definition) is 2. The molecule has 2 heterocycles. The molecule has 8 heteroatoms. The fourth-order valence-electron chi connectivity index (χ4n) is 4.33. The normalized spacial score (nSPS) is 20.5. The van der Waals surface area contributed by atoms with Crippen molar-refractivity contribution in [3.05, 3.63) is 53.2 Å². The average Bonchev–Trinajstić information content (AvgIpc) is 3.34. The number of benzene rings is 1. The minimum atomic E-state index is -0.0830. The number of carbonyl (C=O) groups excluding carboxylic acids is 2. The summed E-state index contributed by atoms with van der Waals surface area (Å²) in [4.78, 5) is 34.3. The third kappa shape index (κ3) is 5.69. The fraction of sp³-hybridized carbons (Fsp3) is 0.458. The molecule has 2 aromatic rings. The summed E-state index contributed by atoms with van der Waals surface area (Å²) in [5, 5.41) is 15.1. The van der Waals surface area contributed by atoms with Crippen LogP contribution in [-0.4, -0.2) is 83.9 Å². The monoisotopic (exact) mass is 454 g/mol. The number of thiazole rings is 1. The quantitative estimate of drug-likeness (QED) is 0.358. The van der Waals surface area contributed by atoms with Gasteiger partial charge < -0.3 is 10.4 Å². The zero-order valence-electron chi connectivity index (χ0n) is 18.2. The van der Waals surface area contributed by atoms with Gasteiger partial charge in [-0.05, 0) is 11.5 Å². The van der Waals surface area contributed by atoms with Gasteiger partial charge in [0.25, 0.3) is 0 Å². The minimum Gasteiger partial charge on any atom is -0.395 e. The van der Waals surface area contributed by atoms with Crippen molar-refractivity contribution in [3.63, 3.8) is 0 Å². The number of Topliss-reactive ketones (excluding diaryl/α,β-unsaturated/α-hetero) is 2. The van der Waals surface area contributed by atoms with Crippen molar-refractivity contribution in [1.29, 1.82) is 0 Å². The summed E-state index contributed by atoms with van der Waals surface area (Å²) in [5.74, 6) is -0.228. The summed E-state index contributed by atoms with van der Waals surface area (Å²) in [6, 6.07) is 8.05. The molecule has 7 nitrogen and oxygen atoms in total. The molecule has 1 aliphatic heterocycles. The smallest absolute Gasteiger partial charge is 0.168 e. The van der Waals surface area contributed by atoms with Gasteiger partial charge in [-0.15, -0.1) is 11.3 Å². The maximum absolute atomic E-state index is 12.7. The van der Waals surface area contributed by atoms with Crippen LogP contribution in [0, 0.1) is 0 Å². The van der Waals surface area contributed by atoms with Crippen LogP contribution < -0.4 is 5.32 Å². The number of aromatic nitrogens is 1. The van der Waals surface area contributed by atoms with E-state index in [1.807, 2.05) is 29.6 Å². The van der Waals surface area contributed by atoms with Gasteiger partial charge in [-0.3, -0.25) is 19.4 Å². The molecule has 1 aromatic carbocycles. The van der Waals surface area contributed by atoms with Crippen molar-refractivity contribution in [3.8, 4) is 10.6 Å². The second-order valence-electron chi connectivity index (χ2n) is 8.33. The Labute approximate surface area is 192 Å². The Kier molecular flexibility index (Phi) is 7.81. The lowest BCUT2D eigenvalue weighted by molar-refractivity contribution is -0.124. The van der Waals surface area contributed by atoms with Crippen molar-refractivity contribution < 1.29 is 14.7 Å².